The number of benzene rings is 2. The van der Waals surface area contributed by atoms with Crippen LogP contribution in [0.4, 0.5) is 10.1 Å². The zero-order valence-corrected chi connectivity index (χ0v) is 18.0. The molecule has 0 unspecified atom stereocenters. The summed E-state index contributed by atoms with van der Waals surface area (Å²) < 4.78 is 13.8. The van der Waals surface area contributed by atoms with E-state index < -0.39 is 0 Å². The molecule has 0 radical (unpaired) electrons. The lowest BCUT2D eigenvalue weighted by atomic mass is 9.64. The van der Waals surface area contributed by atoms with E-state index in [-0.39, 0.29) is 11.7 Å². The molecule has 5 rings (SSSR count). The summed E-state index contributed by atoms with van der Waals surface area (Å²) in [5.74, 6) is 0.247. The van der Waals surface area contributed by atoms with Crippen molar-refractivity contribution in [3.05, 3.63) is 71.1 Å². The zero-order valence-electron chi connectivity index (χ0n) is 17.3. The average Bonchev–Trinajstić information content (AvgIpc) is 2.74. The summed E-state index contributed by atoms with van der Waals surface area (Å²) in [4.78, 5) is 19.0. The van der Waals surface area contributed by atoms with Gasteiger partial charge in [-0.3, -0.25) is 14.7 Å². The maximum absolute atomic E-state index is 13.8. The number of halogens is 2. The second-order valence-electron chi connectivity index (χ2n) is 9.04. The number of hydrogen-bond acceptors (Lipinski definition) is 3. The summed E-state index contributed by atoms with van der Waals surface area (Å²) >= 11 is 5.89. The summed E-state index contributed by atoms with van der Waals surface area (Å²) in [6, 6.07) is 14.1. The van der Waals surface area contributed by atoms with Gasteiger partial charge in [0.05, 0.1) is 12.1 Å². The Morgan fingerprint density at radius 3 is 2.61 bits per heavy atom. The molecule has 1 N–H and O–H groups in total. The first-order valence-corrected chi connectivity index (χ1v) is 11.2. The van der Waals surface area contributed by atoms with Gasteiger partial charge in [0.2, 0.25) is 5.91 Å². The van der Waals surface area contributed by atoms with Gasteiger partial charge in [0.1, 0.15) is 5.82 Å². The molecule has 1 spiro atoms. The molecule has 3 aromatic rings. The molecule has 31 heavy (non-hydrogen) atoms. The topological polar surface area (TPSA) is 45.2 Å². The molecule has 0 bridgehead atoms. The van der Waals surface area contributed by atoms with Crippen molar-refractivity contribution >= 4 is 34.1 Å². The third-order valence-electron chi connectivity index (χ3n) is 6.84. The quantitative estimate of drug-likeness (QED) is 0.575. The van der Waals surface area contributed by atoms with Crippen LogP contribution < -0.4 is 5.32 Å². The number of rotatable bonds is 4. The minimum absolute atomic E-state index is 0.0103. The molecule has 0 atom stereocenters. The van der Waals surface area contributed by atoms with Crippen LogP contribution in [0.3, 0.4) is 0 Å². The fraction of sp³-hybridized carbons (Fsp3) is 0.360. The highest BCUT2D eigenvalue weighted by molar-refractivity contribution is 6.30. The molecular formula is C25H25ClFN3O. The number of carbonyl (C=O) groups excluding carboxylic acids is 1. The first-order chi connectivity index (χ1) is 15.0. The molecule has 160 valence electrons. The highest BCUT2D eigenvalue weighted by atomic mass is 35.5. The van der Waals surface area contributed by atoms with Gasteiger partial charge in [-0.2, -0.15) is 0 Å². The highest BCUT2D eigenvalue weighted by Gasteiger charge is 2.45. The van der Waals surface area contributed by atoms with Crippen molar-refractivity contribution in [2.45, 2.75) is 31.6 Å². The molecule has 2 aliphatic rings. The first-order valence-electron chi connectivity index (χ1n) is 10.8. The number of hydrogen-bond donors (Lipinski definition) is 1. The minimum atomic E-state index is -0.208. The summed E-state index contributed by atoms with van der Waals surface area (Å²) in [6.45, 7) is 2.36. The molecule has 2 fully saturated rings. The van der Waals surface area contributed by atoms with Crippen LogP contribution in [0.2, 0.25) is 5.02 Å². The van der Waals surface area contributed by atoms with E-state index in [9.17, 15) is 9.18 Å². The van der Waals surface area contributed by atoms with Gasteiger partial charge >= 0.3 is 0 Å². The molecule has 6 heteroatoms. The summed E-state index contributed by atoms with van der Waals surface area (Å²) in [5, 5.41) is 4.53. The molecule has 1 saturated carbocycles. The van der Waals surface area contributed by atoms with Gasteiger partial charge in [-0.1, -0.05) is 11.6 Å². The third-order valence-corrected chi connectivity index (χ3v) is 7.09. The third kappa shape index (κ3) is 4.30. The summed E-state index contributed by atoms with van der Waals surface area (Å²) in [7, 11) is 0. The first kappa shape index (κ1) is 20.4. The average molecular weight is 438 g/mol. The van der Waals surface area contributed by atoms with Crippen molar-refractivity contribution in [1.29, 1.82) is 0 Å². The normalized spacial score (nSPS) is 18.8. The number of fused-ring (bicyclic) bond motifs is 1. The Hall–Kier alpha value is -2.50. The number of anilines is 1. The van der Waals surface area contributed by atoms with Crippen LogP contribution in [0.5, 0.6) is 0 Å². The Kier molecular flexibility index (Phi) is 5.40. The Bertz CT molecular complexity index is 1100. The van der Waals surface area contributed by atoms with Crippen molar-refractivity contribution in [3.63, 3.8) is 0 Å². The van der Waals surface area contributed by atoms with Crippen molar-refractivity contribution in [2.24, 2.45) is 5.41 Å². The van der Waals surface area contributed by atoms with Gasteiger partial charge in [0.25, 0.3) is 0 Å². The Balaban J connectivity index is 1.15. The van der Waals surface area contributed by atoms with Crippen LogP contribution in [-0.4, -0.2) is 35.4 Å². The number of nitrogens with one attached hydrogen (secondary N) is 1. The van der Waals surface area contributed by atoms with Crippen molar-refractivity contribution in [3.8, 4) is 0 Å². The van der Waals surface area contributed by atoms with Crippen LogP contribution in [0.15, 0.2) is 54.7 Å². The Morgan fingerprint density at radius 2 is 1.87 bits per heavy atom. The van der Waals surface area contributed by atoms with Gasteiger partial charge in [-0.25, -0.2) is 4.39 Å². The SMILES string of the molecule is O=C(CN1CC2(CCC(c3ccnc4ccc(F)cc34)CC2)C1)Nc1ccc(Cl)cc1. The van der Waals surface area contributed by atoms with Gasteiger partial charge in [0, 0.05) is 35.4 Å². The second kappa shape index (κ2) is 8.21. The van der Waals surface area contributed by atoms with Gasteiger partial charge in [-0.15, -0.1) is 0 Å². The molecule has 1 amide bonds. The van der Waals surface area contributed by atoms with Crippen LogP contribution in [0.25, 0.3) is 10.9 Å². The lowest BCUT2D eigenvalue weighted by molar-refractivity contribution is -0.121. The highest BCUT2D eigenvalue weighted by Crippen LogP contribution is 2.48. The molecule has 1 saturated heterocycles. The lowest BCUT2D eigenvalue weighted by Gasteiger charge is -2.53. The van der Waals surface area contributed by atoms with Gasteiger partial charge in [-0.05, 0) is 91.1 Å². The Labute approximate surface area is 186 Å². The number of aromatic nitrogens is 1. The molecular weight excluding hydrogens is 413 g/mol. The van der Waals surface area contributed by atoms with E-state index in [0.717, 1.165) is 55.4 Å². The minimum Gasteiger partial charge on any atom is -0.325 e. The fourth-order valence-corrected chi connectivity index (χ4v) is 5.43. The van der Waals surface area contributed by atoms with Crippen molar-refractivity contribution in [2.75, 3.05) is 25.0 Å². The Morgan fingerprint density at radius 1 is 1.13 bits per heavy atom. The number of nitrogens with zero attached hydrogens (tertiary/aromatic N) is 2. The fourth-order valence-electron chi connectivity index (χ4n) is 5.30. The molecule has 1 aromatic heterocycles. The lowest BCUT2D eigenvalue weighted by Crippen LogP contribution is -2.58. The molecule has 1 aliphatic carbocycles. The number of pyridine rings is 1. The van der Waals surface area contributed by atoms with Gasteiger partial charge in [0.15, 0.2) is 0 Å². The predicted molar refractivity (Wildman–Crippen MR) is 122 cm³/mol. The molecule has 4 nitrogen and oxygen atoms in total. The van der Waals surface area contributed by atoms with Gasteiger partial charge < -0.3 is 5.32 Å². The standard InChI is InChI=1S/C25H25ClFN3O/c26-18-1-4-20(5-2-18)29-24(31)14-30-15-25(16-30)10-7-17(8-11-25)21-9-12-28-23-6-3-19(27)13-22(21)23/h1-6,9,12-13,17H,7-8,10-11,14-16H2,(H,29,31). The second-order valence-corrected chi connectivity index (χ2v) is 9.47. The van der Waals surface area contributed by atoms with E-state index in [0.29, 0.717) is 22.9 Å². The van der Waals surface area contributed by atoms with E-state index in [1.807, 2.05) is 18.3 Å². The van der Waals surface area contributed by atoms with E-state index in [1.54, 1.807) is 24.3 Å². The molecule has 1 aliphatic heterocycles. The maximum Gasteiger partial charge on any atom is 0.238 e. The number of likely N-dealkylation sites (tertiary alicyclic amines) is 1. The van der Waals surface area contributed by atoms with Crippen molar-refractivity contribution < 1.29 is 9.18 Å². The number of amides is 1. The molecule has 2 aromatic carbocycles. The largest absolute Gasteiger partial charge is 0.325 e. The van der Waals surface area contributed by atoms with Crippen LogP contribution >= 0.6 is 11.6 Å². The van der Waals surface area contributed by atoms with Crippen LogP contribution in [0, 0.1) is 11.2 Å². The van der Waals surface area contributed by atoms with E-state index >= 15 is 0 Å². The van der Waals surface area contributed by atoms with E-state index in [1.165, 1.54) is 11.6 Å². The maximum atomic E-state index is 13.8. The van der Waals surface area contributed by atoms with E-state index in [2.05, 4.69) is 21.3 Å². The predicted octanol–water partition coefficient (Wildman–Crippen LogP) is 5.63. The van der Waals surface area contributed by atoms with Crippen molar-refractivity contribution in [1.82, 2.24) is 9.88 Å². The van der Waals surface area contributed by atoms with Crippen LogP contribution in [0.1, 0.15) is 37.2 Å². The monoisotopic (exact) mass is 437 g/mol. The number of carbonyl (C=O) groups is 1. The zero-order chi connectivity index (χ0) is 21.4. The smallest absolute Gasteiger partial charge is 0.238 e. The summed E-state index contributed by atoms with van der Waals surface area (Å²) in [5.41, 5.74) is 3.18. The summed E-state index contributed by atoms with van der Waals surface area (Å²) in [6.07, 6.45) is 6.32. The van der Waals surface area contributed by atoms with E-state index in [4.69, 9.17) is 11.6 Å². The molecule has 2 heterocycles. The van der Waals surface area contributed by atoms with Crippen LogP contribution in [-0.2, 0) is 4.79 Å².